The van der Waals surface area contributed by atoms with Gasteiger partial charge in [0, 0.05) is 39.1 Å². The second-order valence-electron chi connectivity index (χ2n) is 6.62. The molecule has 0 fully saturated rings. The topological polar surface area (TPSA) is 63.5 Å². The Hall–Kier alpha value is -1.61. The molecule has 0 aliphatic rings. The predicted octanol–water partition coefficient (Wildman–Crippen LogP) is 3.28. The van der Waals surface area contributed by atoms with Crippen LogP contribution < -0.4 is 10.6 Å². The van der Waals surface area contributed by atoms with E-state index >= 15 is 0 Å². The summed E-state index contributed by atoms with van der Waals surface area (Å²) in [7, 11) is 1.78. The zero-order valence-corrected chi connectivity index (χ0v) is 18.8. The van der Waals surface area contributed by atoms with Crippen LogP contribution in [0.2, 0.25) is 0 Å². The summed E-state index contributed by atoms with van der Waals surface area (Å²) in [5.74, 6) is 1.46. The zero-order valence-electron chi connectivity index (χ0n) is 16.5. The molecule has 0 saturated heterocycles. The van der Waals surface area contributed by atoms with Crippen LogP contribution in [-0.2, 0) is 17.8 Å². The molecule has 1 aromatic heterocycles. The Balaban J connectivity index is 0.00000364. The van der Waals surface area contributed by atoms with Crippen LogP contribution >= 0.6 is 24.0 Å². The molecule has 0 aliphatic heterocycles. The van der Waals surface area contributed by atoms with E-state index in [4.69, 9.17) is 4.74 Å². The number of nitrogens with zero attached hydrogens (tertiary/aromatic N) is 3. The average molecular weight is 485 g/mol. The number of rotatable bonds is 10. The molecule has 1 heterocycles. The van der Waals surface area contributed by atoms with E-state index in [2.05, 4.69) is 58.8 Å². The van der Waals surface area contributed by atoms with E-state index in [-0.39, 0.29) is 24.0 Å². The quantitative estimate of drug-likeness (QED) is 0.235. The van der Waals surface area contributed by atoms with Gasteiger partial charge in [-0.3, -0.25) is 9.67 Å². The molecule has 0 bridgehead atoms. The van der Waals surface area contributed by atoms with Gasteiger partial charge in [-0.2, -0.15) is 5.10 Å². The molecule has 2 rings (SSSR count). The van der Waals surface area contributed by atoms with Crippen LogP contribution in [0, 0.1) is 5.92 Å². The fourth-order valence-corrected chi connectivity index (χ4v) is 2.51. The molecular formula is C20H32IN5O. The third kappa shape index (κ3) is 9.23. The molecule has 150 valence electrons. The van der Waals surface area contributed by atoms with E-state index in [1.807, 2.05) is 16.9 Å². The largest absolute Gasteiger partial charge is 0.380 e. The molecule has 0 radical (unpaired) electrons. The van der Waals surface area contributed by atoms with Crippen LogP contribution in [0.4, 0.5) is 0 Å². The van der Waals surface area contributed by atoms with Crippen molar-refractivity contribution in [3.05, 3.63) is 53.9 Å². The summed E-state index contributed by atoms with van der Waals surface area (Å²) in [4.78, 5) is 4.28. The first kappa shape index (κ1) is 23.4. The average Bonchev–Trinajstić information content (AvgIpc) is 3.14. The molecule has 27 heavy (non-hydrogen) atoms. The maximum Gasteiger partial charge on any atom is 0.191 e. The van der Waals surface area contributed by atoms with Gasteiger partial charge in [-0.25, -0.2) is 0 Å². The summed E-state index contributed by atoms with van der Waals surface area (Å²) >= 11 is 0. The smallest absolute Gasteiger partial charge is 0.191 e. The Bertz CT molecular complexity index is 658. The SMILES string of the molecule is CN=C(NCCOCCC(C)C)NCc1ccccc1Cn1cccn1.I. The lowest BCUT2D eigenvalue weighted by Gasteiger charge is -2.14. The van der Waals surface area contributed by atoms with E-state index in [0.29, 0.717) is 19.1 Å². The molecule has 0 atom stereocenters. The molecule has 1 aromatic carbocycles. The van der Waals surface area contributed by atoms with Crippen molar-refractivity contribution in [2.45, 2.75) is 33.4 Å². The number of ether oxygens (including phenoxy) is 1. The summed E-state index contributed by atoms with van der Waals surface area (Å²) in [5, 5.41) is 10.9. The van der Waals surface area contributed by atoms with Gasteiger partial charge in [0.25, 0.3) is 0 Å². The van der Waals surface area contributed by atoms with Crippen molar-refractivity contribution < 1.29 is 4.74 Å². The number of aromatic nitrogens is 2. The van der Waals surface area contributed by atoms with Gasteiger partial charge in [0.2, 0.25) is 0 Å². The minimum absolute atomic E-state index is 0. The third-order valence-corrected chi connectivity index (χ3v) is 4.06. The number of benzene rings is 1. The molecule has 7 heteroatoms. The van der Waals surface area contributed by atoms with Gasteiger partial charge in [0.15, 0.2) is 5.96 Å². The van der Waals surface area contributed by atoms with Crippen LogP contribution in [-0.4, -0.2) is 42.5 Å². The Morgan fingerprint density at radius 1 is 1.15 bits per heavy atom. The maximum atomic E-state index is 5.63. The number of guanidine groups is 1. The molecule has 2 N–H and O–H groups in total. The van der Waals surface area contributed by atoms with E-state index < -0.39 is 0 Å². The molecule has 6 nitrogen and oxygen atoms in total. The van der Waals surface area contributed by atoms with Crippen molar-refractivity contribution in [2.24, 2.45) is 10.9 Å². The lowest BCUT2D eigenvalue weighted by atomic mass is 10.1. The fraction of sp³-hybridized carbons (Fsp3) is 0.500. The Kier molecular flexibility index (Phi) is 11.8. The van der Waals surface area contributed by atoms with Crippen molar-refractivity contribution in [1.29, 1.82) is 0 Å². The summed E-state index contributed by atoms with van der Waals surface area (Å²) in [5.41, 5.74) is 2.48. The van der Waals surface area contributed by atoms with Crippen molar-refractivity contribution in [2.75, 3.05) is 26.8 Å². The minimum atomic E-state index is 0. The van der Waals surface area contributed by atoms with Crippen LogP contribution in [0.5, 0.6) is 0 Å². The molecule has 0 aliphatic carbocycles. The van der Waals surface area contributed by atoms with Crippen molar-refractivity contribution in [3.63, 3.8) is 0 Å². The highest BCUT2D eigenvalue weighted by Gasteiger charge is 2.04. The second-order valence-corrected chi connectivity index (χ2v) is 6.62. The number of nitrogens with one attached hydrogen (secondary N) is 2. The van der Waals surface area contributed by atoms with E-state index in [1.54, 1.807) is 13.2 Å². The number of halogens is 1. The predicted molar refractivity (Wildman–Crippen MR) is 122 cm³/mol. The van der Waals surface area contributed by atoms with Gasteiger partial charge >= 0.3 is 0 Å². The van der Waals surface area contributed by atoms with E-state index in [0.717, 1.165) is 32.1 Å². The van der Waals surface area contributed by atoms with Crippen LogP contribution in [0.25, 0.3) is 0 Å². The summed E-state index contributed by atoms with van der Waals surface area (Å²) in [6, 6.07) is 10.3. The molecule has 0 spiro atoms. The maximum absolute atomic E-state index is 5.63. The van der Waals surface area contributed by atoms with Crippen molar-refractivity contribution in [1.82, 2.24) is 20.4 Å². The zero-order chi connectivity index (χ0) is 18.6. The van der Waals surface area contributed by atoms with Gasteiger partial charge in [-0.15, -0.1) is 24.0 Å². The molecular weight excluding hydrogens is 453 g/mol. The van der Waals surface area contributed by atoms with Crippen LogP contribution in [0.15, 0.2) is 47.7 Å². The summed E-state index contributed by atoms with van der Waals surface area (Å²) < 4.78 is 7.56. The lowest BCUT2D eigenvalue weighted by Crippen LogP contribution is -2.38. The Labute approximate surface area is 179 Å². The number of aliphatic imine (C=N–C) groups is 1. The first-order valence-electron chi connectivity index (χ1n) is 9.25. The Morgan fingerprint density at radius 3 is 2.59 bits per heavy atom. The normalized spacial score (nSPS) is 11.3. The van der Waals surface area contributed by atoms with Gasteiger partial charge in [0.05, 0.1) is 13.2 Å². The van der Waals surface area contributed by atoms with E-state index in [1.165, 1.54) is 11.1 Å². The van der Waals surface area contributed by atoms with Crippen LogP contribution in [0.3, 0.4) is 0 Å². The minimum Gasteiger partial charge on any atom is -0.380 e. The molecule has 0 unspecified atom stereocenters. The van der Waals surface area contributed by atoms with Crippen molar-refractivity contribution >= 4 is 29.9 Å². The fourth-order valence-electron chi connectivity index (χ4n) is 2.51. The van der Waals surface area contributed by atoms with Crippen molar-refractivity contribution in [3.8, 4) is 0 Å². The van der Waals surface area contributed by atoms with Gasteiger partial charge in [-0.1, -0.05) is 38.1 Å². The number of hydrogen-bond donors (Lipinski definition) is 2. The monoisotopic (exact) mass is 485 g/mol. The molecule has 0 saturated carbocycles. The second kappa shape index (κ2) is 13.5. The van der Waals surface area contributed by atoms with Crippen LogP contribution in [0.1, 0.15) is 31.4 Å². The first-order valence-corrected chi connectivity index (χ1v) is 9.25. The van der Waals surface area contributed by atoms with E-state index in [9.17, 15) is 0 Å². The highest BCUT2D eigenvalue weighted by atomic mass is 127. The number of hydrogen-bond acceptors (Lipinski definition) is 3. The Morgan fingerprint density at radius 2 is 1.93 bits per heavy atom. The van der Waals surface area contributed by atoms with Gasteiger partial charge < -0.3 is 15.4 Å². The standard InChI is InChI=1S/C20H31N5O.HI/c1-17(2)9-13-26-14-11-22-20(21-3)23-15-18-7-4-5-8-19(18)16-25-12-6-10-24-25;/h4-8,10,12,17H,9,11,13-16H2,1-3H3,(H2,21,22,23);1H. The molecule has 2 aromatic rings. The third-order valence-electron chi connectivity index (χ3n) is 4.06. The highest BCUT2D eigenvalue weighted by Crippen LogP contribution is 2.10. The van der Waals surface area contributed by atoms with Gasteiger partial charge in [-0.05, 0) is 29.5 Å². The molecule has 0 amide bonds. The van der Waals surface area contributed by atoms with Gasteiger partial charge in [0.1, 0.15) is 0 Å². The highest BCUT2D eigenvalue weighted by molar-refractivity contribution is 14.0. The summed E-state index contributed by atoms with van der Waals surface area (Å²) in [6.45, 7) is 8.13. The summed E-state index contributed by atoms with van der Waals surface area (Å²) in [6.07, 6.45) is 4.87. The lowest BCUT2D eigenvalue weighted by molar-refractivity contribution is 0.128. The first-order chi connectivity index (χ1) is 12.7.